The summed E-state index contributed by atoms with van der Waals surface area (Å²) in [6.45, 7) is 21.3. The molecule has 0 aliphatic rings. The number of imidazole rings is 1. The Kier molecular flexibility index (Phi) is 12.6. The number of aryl methyl sites for hydroxylation is 2. The molecule has 0 saturated heterocycles. The number of fused-ring (bicyclic) bond motifs is 1. The van der Waals surface area contributed by atoms with Crippen LogP contribution >= 0.6 is 0 Å². The number of pyridine rings is 1. The number of phenols is 1. The summed E-state index contributed by atoms with van der Waals surface area (Å²) in [5, 5.41) is 12.5. The number of phenolic OH excluding ortho intramolecular Hbond substituents is 1. The maximum absolute atomic E-state index is 12.5. The van der Waals surface area contributed by atoms with Gasteiger partial charge in [-0.15, -0.1) is 29.3 Å². The molecule has 7 aromatic carbocycles. The van der Waals surface area contributed by atoms with Crippen LogP contribution in [0.1, 0.15) is 119 Å². The van der Waals surface area contributed by atoms with E-state index in [4.69, 9.17) is 14.1 Å². The maximum Gasteiger partial charge on any atom is 0.148 e. The van der Waals surface area contributed by atoms with Crippen molar-refractivity contribution < 1.29 is 30.3 Å². The summed E-state index contributed by atoms with van der Waals surface area (Å²) >= 11 is 0. The molecule has 0 spiro atoms. The van der Waals surface area contributed by atoms with Crippen LogP contribution < -0.4 is 0 Å². The second-order valence-electron chi connectivity index (χ2n) is 21.1. The van der Waals surface area contributed by atoms with E-state index in [9.17, 15) is 5.11 Å². The number of rotatable bonds is 9. The van der Waals surface area contributed by atoms with Gasteiger partial charge in [-0.1, -0.05) is 189 Å². The molecule has 2 aromatic heterocycles. The minimum Gasteiger partial charge on any atom is -0.507 e. The molecular formula is C64H64N3OPt-. The summed E-state index contributed by atoms with van der Waals surface area (Å²) < 4.78 is 29.4. The molecule has 0 atom stereocenters. The van der Waals surface area contributed by atoms with Gasteiger partial charge in [0.25, 0.3) is 0 Å². The molecule has 0 aliphatic heterocycles. The molecule has 2 heterocycles. The van der Waals surface area contributed by atoms with Gasteiger partial charge in [0, 0.05) is 42.6 Å². The predicted molar refractivity (Wildman–Crippen MR) is 287 cm³/mol. The summed E-state index contributed by atoms with van der Waals surface area (Å²) in [7, 11) is 0. The third-order valence-corrected chi connectivity index (χ3v) is 13.3. The number of para-hydroxylation sites is 1. The third kappa shape index (κ3) is 9.79. The van der Waals surface area contributed by atoms with Gasteiger partial charge in [0.05, 0.1) is 22.3 Å². The number of benzene rings is 7. The first-order valence-corrected chi connectivity index (χ1v) is 23.9. The molecule has 1 N–H and O–H groups in total. The molecule has 0 bridgehead atoms. The monoisotopic (exact) mass is 1090 g/mol. The Morgan fingerprint density at radius 2 is 1.26 bits per heavy atom. The fourth-order valence-electron chi connectivity index (χ4n) is 9.17. The second kappa shape index (κ2) is 19.2. The van der Waals surface area contributed by atoms with Crippen molar-refractivity contribution in [3.05, 3.63) is 191 Å². The van der Waals surface area contributed by atoms with E-state index in [0.29, 0.717) is 28.2 Å². The van der Waals surface area contributed by atoms with Crippen molar-refractivity contribution >= 4 is 11.0 Å². The van der Waals surface area contributed by atoms with E-state index in [1.54, 1.807) is 0 Å². The summed E-state index contributed by atoms with van der Waals surface area (Å²) in [5.74, 6) is 0.819. The molecule has 0 fully saturated rings. The van der Waals surface area contributed by atoms with Gasteiger partial charge in [0.1, 0.15) is 11.6 Å². The van der Waals surface area contributed by atoms with E-state index < -0.39 is 6.85 Å². The van der Waals surface area contributed by atoms with E-state index >= 15 is 0 Å². The van der Waals surface area contributed by atoms with E-state index in [0.717, 1.165) is 78.0 Å². The Morgan fingerprint density at radius 3 is 1.91 bits per heavy atom. The van der Waals surface area contributed by atoms with Crippen LogP contribution in [0.5, 0.6) is 5.75 Å². The van der Waals surface area contributed by atoms with Gasteiger partial charge >= 0.3 is 0 Å². The quantitative estimate of drug-likeness (QED) is 0.147. The number of hydrogen-bond donors (Lipinski definition) is 1. The minimum absolute atomic E-state index is 0. The first kappa shape index (κ1) is 45.1. The Labute approximate surface area is 429 Å². The van der Waals surface area contributed by atoms with E-state index in [1.807, 2.05) is 66.9 Å². The first-order valence-electron chi connectivity index (χ1n) is 25.4. The fraction of sp³-hybridized carbons (Fsp3) is 0.250. The molecule has 9 aromatic rings. The molecule has 0 radical (unpaired) electrons. The number of aromatic nitrogens is 3. The largest absolute Gasteiger partial charge is 0.507 e. The average Bonchev–Trinajstić information content (AvgIpc) is 3.72. The zero-order valence-corrected chi connectivity index (χ0v) is 44.0. The van der Waals surface area contributed by atoms with Crippen molar-refractivity contribution in [1.29, 1.82) is 0 Å². The van der Waals surface area contributed by atoms with Crippen molar-refractivity contribution in [2.24, 2.45) is 0 Å². The fourth-order valence-corrected chi connectivity index (χ4v) is 9.17. The summed E-state index contributed by atoms with van der Waals surface area (Å²) in [4.78, 5) is 10.5. The van der Waals surface area contributed by atoms with Crippen LogP contribution in [0.2, 0.25) is 0 Å². The molecule has 0 saturated carbocycles. The standard InChI is InChI=1S/C64H64N3O.Pt/c1-39(2)47-35-53(40(3)4)61(68)56(36-47)62-66-60-52(48-32-49(34-51(33-48)64(10,11)12)57-37-46(29-30-65-57)43-23-21-41(5)22-24-43)19-16-20-58(60)67(62)59-31-42(6)54(38-55(59)44-17-14-13-15-18-44)45-25-27-50(28-26-45)63(7,8)9;/h13-31,33-40,68H,1-12H3;/q-1;/i6D3;. The number of aromatic hydroxyl groups is 1. The van der Waals surface area contributed by atoms with Gasteiger partial charge in [-0.05, 0) is 117 Å². The smallest absolute Gasteiger partial charge is 0.148 e. The predicted octanol–water partition coefficient (Wildman–Crippen LogP) is 17.4. The Hall–Kier alpha value is -6.35. The van der Waals surface area contributed by atoms with Crippen LogP contribution in [0.25, 0.3) is 83.9 Å². The van der Waals surface area contributed by atoms with Crippen LogP contribution in [-0.2, 0) is 31.9 Å². The van der Waals surface area contributed by atoms with Gasteiger partial charge in [0.2, 0.25) is 0 Å². The Balaban J connectivity index is 0.00000693. The Morgan fingerprint density at radius 1 is 0.594 bits per heavy atom. The van der Waals surface area contributed by atoms with E-state index in [2.05, 4.69) is 172 Å². The summed E-state index contributed by atoms with van der Waals surface area (Å²) in [6, 6.07) is 53.5. The number of nitrogens with zero attached hydrogens (tertiary/aromatic N) is 3. The van der Waals surface area contributed by atoms with Crippen LogP contribution in [0.15, 0.2) is 152 Å². The van der Waals surface area contributed by atoms with Gasteiger partial charge in [-0.25, -0.2) is 4.98 Å². The molecular weight excluding hydrogens is 1020 g/mol. The van der Waals surface area contributed by atoms with Crippen LogP contribution in [-0.4, -0.2) is 19.6 Å². The zero-order chi connectivity index (χ0) is 50.7. The van der Waals surface area contributed by atoms with Crippen LogP contribution in [0.4, 0.5) is 0 Å². The molecule has 5 heteroatoms. The molecule has 0 aliphatic carbocycles. The van der Waals surface area contributed by atoms with Crippen molar-refractivity contribution in [1.82, 2.24) is 14.5 Å². The van der Waals surface area contributed by atoms with Crippen molar-refractivity contribution in [2.75, 3.05) is 0 Å². The first-order chi connectivity index (χ1) is 33.6. The van der Waals surface area contributed by atoms with Gasteiger partial charge < -0.3 is 5.11 Å². The molecule has 69 heavy (non-hydrogen) atoms. The summed E-state index contributed by atoms with van der Waals surface area (Å²) in [5.41, 5.74) is 16.7. The minimum atomic E-state index is -2.49. The van der Waals surface area contributed by atoms with Crippen LogP contribution in [0.3, 0.4) is 0 Å². The van der Waals surface area contributed by atoms with Crippen LogP contribution in [0, 0.1) is 19.8 Å². The Bertz CT molecular complexity index is 3430. The van der Waals surface area contributed by atoms with E-state index in [-0.39, 0.29) is 55.0 Å². The molecule has 352 valence electrons. The maximum atomic E-state index is 12.5. The molecule has 0 unspecified atom stereocenters. The van der Waals surface area contributed by atoms with E-state index in [1.165, 1.54) is 5.56 Å². The van der Waals surface area contributed by atoms with Crippen molar-refractivity contribution in [3.63, 3.8) is 0 Å². The topological polar surface area (TPSA) is 50.9 Å². The third-order valence-electron chi connectivity index (χ3n) is 13.3. The molecule has 4 nitrogen and oxygen atoms in total. The molecule has 0 amide bonds. The van der Waals surface area contributed by atoms with Gasteiger partial charge in [-0.2, -0.15) is 0 Å². The SMILES string of the molecule is [2H]C([2H])([2H])c1cc(-n2c(-c3cc(C(C)C)cc(C(C)C)c3O)nc3c(-c4[c-]c(-c5cc(-c6ccc(C)cc6)ccn5)cc(C(C)(C)C)c4)cccc32)c(-c2ccccc2)cc1-c1ccc(C(C)(C)C)cc1.[Pt]. The average molecular weight is 1090 g/mol. The normalized spacial score (nSPS) is 12.8. The van der Waals surface area contributed by atoms with Crippen molar-refractivity contribution in [2.45, 2.75) is 106 Å². The molecule has 9 rings (SSSR count). The number of hydrogen-bond acceptors (Lipinski definition) is 3. The zero-order valence-electron chi connectivity index (χ0n) is 44.7. The van der Waals surface area contributed by atoms with Gasteiger partial charge in [-0.3, -0.25) is 9.55 Å². The second-order valence-corrected chi connectivity index (χ2v) is 21.1. The van der Waals surface area contributed by atoms with Gasteiger partial charge in [0.15, 0.2) is 0 Å². The summed E-state index contributed by atoms with van der Waals surface area (Å²) in [6.07, 6.45) is 1.86. The van der Waals surface area contributed by atoms with Crippen molar-refractivity contribution in [3.8, 4) is 78.6 Å².